The second-order valence-electron chi connectivity index (χ2n) is 3.17. The summed E-state index contributed by atoms with van der Waals surface area (Å²) >= 11 is 0. The molecule has 1 heterocycles. The highest BCUT2D eigenvalue weighted by molar-refractivity contribution is 5.31. The average molecular weight is 167 g/mol. The molecule has 0 aromatic carbocycles. The van der Waals surface area contributed by atoms with Crippen LogP contribution in [0.2, 0.25) is 0 Å². The standard InChI is InChI=1S/C7H13N5/c8-6-10-7(12-11-6)9-5-3-1-2-4-5/h5H,1-4H2,(H4,8,9,10,11,12). The molecule has 4 N–H and O–H groups in total. The van der Waals surface area contributed by atoms with Gasteiger partial charge in [0.2, 0.25) is 11.9 Å². The number of nitrogen functional groups attached to an aromatic ring is 1. The lowest BCUT2D eigenvalue weighted by atomic mass is 10.3. The SMILES string of the molecule is Nc1nc(NC2CCCC2)n[nH]1. The summed E-state index contributed by atoms with van der Waals surface area (Å²) in [4.78, 5) is 3.97. The van der Waals surface area contributed by atoms with Crippen molar-refractivity contribution in [1.82, 2.24) is 15.2 Å². The predicted octanol–water partition coefficient (Wildman–Crippen LogP) is 0.741. The van der Waals surface area contributed by atoms with Gasteiger partial charge in [0.15, 0.2) is 0 Å². The van der Waals surface area contributed by atoms with Crippen LogP contribution in [0, 0.1) is 0 Å². The second-order valence-corrected chi connectivity index (χ2v) is 3.17. The van der Waals surface area contributed by atoms with Crippen LogP contribution in [0.5, 0.6) is 0 Å². The molecule has 12 heavy (non-hydrogen) atoms. The van der Waals surface area contributed by atoms with Gasteiger partial charge >= 0.3 is 0 Å². The van der Waals surface area contributed by atoms with E-state index in [0.717, 1.165) is 0 Å². The van der Waals surface area contributed by atoms with Gasteiger partial charge in [0, 0.05) is 6.04 Å². The van der Waals surface area contributed by atoms with Crippen molar-refractivity contribution in [2.75, 3.05) is 11.1 Å². The monoisotopic (exact) mass is 167 g/mol. The fourth-order valence-electron chi connectivity index (χ4n) is 1.59. The zero-order valence-electron chi connectivity index (χ0n) is 6.88. The van der Waals surface area contributed by atoms with E-state index in [-0.39, 0.29) is 0 Å². The Morgan fingerprint density at radius 2 is 2.17 bits per heavy atom. The Kier molecular flexibility index (Phi) is 1.85. The number of nitrogens with one attached hydrogen (secondary N) is 2. The Morgan fingerprint density at radius 3 is 2.75 bits per heavy atom. The summed E-state index contributed by atoms with van der Waals surface area (Å²) in [6.45, 7) is 0. The molecule has 1 aromatic rings. The normalized spacial score (nSPS) is 18.3. The third kappa shape index (κ3) is 1.49. The molecule has 5 nitrogen and oxygen atoms in total. The summed E-state index contributed by atoms with van der Waals surface area (Å²) < 4.78 is 0. The number of aromatic amines is 1. The highest BCUT2D eigenvalue weighted by atomic mass is 15.3. The highest BCUT2D eigenvalue weighted by Crippen LogP contribution is 2.20. The number of H-pyrrole nitrogens is 1. The number of nitrogens with two attached hydrogens (primary N) is 1. The summed E-state index contributed by atoms with van der Waals surface area (Å²) in [6.07, 6.45) is 5.04. The van der Waals surface area contributed by atoms with Crippen molar-refractivity contribution in [1.29, 1.82) is 0 Å². The molecule has 1 fully saturated rings. The van der Waals surface area contributed by atoms with E-state index < -0.39 is 0 Å². The molecule has 0 spiro atoms. The van der Waals surface area contributed by atoms with Crippen LogP contribution in [-0.2, 0) is 0 Å². The van der Waals surface area contributed by atoms with Gasteiger partial charge in [0.1, 0.15) is 0 Å². The van der Waals surface area contributed by atoms with Crippen LogP contribution in [-0.4, -0.2) is 21.2 Å². The van der Waals surface area contributed by atoms with Gasteiger partial charge in [-0.3, -0.25) is 0 Å². The van der Waals surface area contributed by atoms with Crippen LogP contribution in [0.3, 0.4) is 0 Å². The minimum Gasteiger partial charge on any atom is -0.368 e. The van der Waals surface area contributed by atoms with Gasteiger partial charge < -0.3 is 11.1 Å². The maximum Gasteiger partial charge on any atom is 0.243 e. The van der Waals surface area contributed by atoms with Crippen molar-refractivity contribution in [3.63, 3.8) is 0 Å². The molecule has 0 amide bonds. The first-order valence-corrected chi connectivity index (χ1v) is 4.29. The van der Waals surface area contributed by atoms with Crippen LogP contribution >= 0.6 is 0 Å². The average Bonchev–Trinajstić information content (AvgIpc) is 2.63. The predicted molar refractivity (Wildman–Crippen MR) is 46.7 cm³/mol. The van der Waals surface area contributed by atoms with E-state index >= 15 is 0 Å². The van der Waals surface area contributed by atoms with Crippen molar-refractivity contribution in [3.8, 4) is 0 Å². The summed E-state index contributed by atoms with van der Waals surface area (Å²) in [6, 6.07) is 0.542. The van der Waals surface area contributed by atoms with Gasteiger partial charge in [-0.1, -0.05) is 12.8 Å². The summed E-state index contributed by atoms with van der Waals surface area (Å²) in [7, 11) is 0. The molecule has 5 heteroatoms. The molecule has 0 bridgehead atoms. The van der Waals surface area contributed by atoms with Gasteiger partial charge in [0.25, 0.3) is 0 Å². The lowest BCUT2D eigenvalue weighted by Gasteiger charge is -2.07. The van der Waals surface area contributed by atoms with Gasteiger partial charge in [-0.05, 0) is 12.8 Å². The van der Waals surface area contributed by atoms with Crippen LogP contribution < -0.4 is 11.1 Å². The zero-order chi connectivity index (χ0) is 8.39. The number of aromatic nitrogens is 3. The van der Waals surface area contributed by atoms with Gasteiger partial charge in [-0.25, -0.2) is 5.10 Å². The van der Waals surface area contributed by atoms with Crippen molar-refractivity contribution < 1.29 is 0 Å². The molecule has 1 aliphatic carbocycles. The molecule has 0 saturated heterocycles. The first kappa shape index (κ1) is 7.39. The van der Waals surface area contributed by atoms with E-state index in [4.69, 9.17) is 5.73 Å². The molecule has 66 valence electrons. The number of hydrogen-bond donors (Lipinski definition) is 3. The molecule has 1 aromatic heterocycles. The molecule has 1 saturated carbocycles. The van der Waals surface area contributed by atoms with E-state index in [1.807, 2.05) is 0 Å². The van der Waals surface area contributed by atoms with Crippen LogP contribution in [0.1, 0.15) is 25.7 Å². The Labute approximate surface area is 70.8 Å². The topological polar surface area (TPSA) is 79.6 Å². The zero-order valence-corrected chi connectivity index (χ0v) is 6.88. The lowest BCUT2D eigenvalue weighted by molar-refractivity contribution is 0.745. The van der Waals surface area contributed by atoms with Crippen molar-refractivity contribution >= 4 is 11.9 Å². The van der Waals surface area contributed by atoms with Crippen molar-refractivity contribution in [2.24, 2.45) is 0 Å². The van der Waals surface area contributed by atoms with Gasteiger partial charge in [0.05, 0.1) is 0 Å². The molecular formula is C7H13N5. The highest BCUT2D eigenvalue weighted by Gasteiger charge is 2.15. The Hall–Kier alpha value is -1.26. The molecule has 0 radical (unpaired) electrons. The maximum atomic E-state index is 5.38. The molecule has 0 unspecified atom stereocenters. The summed E-state index contributed by atoms with van der Waals surface area (Å²) in [5.41, 5.74) is 5.38. The minimum absolute atomic E-state index is 0.371. The third-order valence-electron chi connectivity index (χ3n) is 2.19. The van der Waals surface area contributed by atoms with Crippen molar-refractivity contribution in [2.45, 2.75) is 31.7 Å². The Balaban J connectivity index is 1.94. The molecule has 0 atom stereocenters. The number of hydrogen-bond acceptors (Lipinski definition) is 4. The Bertz CT molecular complexity index is 250. The van der Waals surface area contributed by atoms with Crippen LogP contribution in [0.15, 0.2) is 0 Å². The third-order valence-corrected chi connectivity index (χ3v) is 2.19. The number of rotatable bonds is 2. The van der Waals surface area contributed by atoms with E-state index in [1.165, 1.54) is 25.7 Å². The molecule has 2 rings (SSSR count). The smallest absolute Gasteiger partial charge is 0.243 e. The molecule has 0 aliphatic heterocycles. The van der Waals surface area contributed by atoms with Crippen molar-refractivity contribution in [3.05, 3.63) is 0 Å². The number of nitrogens with zero attached hydrogens (tertiary/aromatic N) is 2. The largest absolute Gasteiger partial charge is 0.368 e. The lowest BCUT2D eigenvalue weighted by Crippen LogP contribution is -2.15. The van der Waals surface area contributed by atoms with E-state index in [1.54, 1.807) is 0 Å². The summed E-state index contributed by atoms with van der Waals surface area (Å²) in [5.74, 6) is 0.995. The van der Waals surface area contributed by atoms with E-state index in [0.29, 0.717) is 17.9 Å². The van der Waals surface area contributed by atoms with E-state index in [2.05, 4.69) is 20.5 Å². The fraction of sp³-hybridized carbons (Fsp3) is 0.714. The quantitative estimate of drug-likeness (QED) is 0.607. The fourth-order valence-corrected chi connectivity index (χ4v) is 1.59. The molecule has 1 aliphatic rings. The van der Waals surface area contributed by atoms with Gasteiger partial charge in [-0.15, -0.1) is 5.10 Å². The number of anilines is 2. The summed E-state index contributed by atoms with van der Waals surface area (Å²) in [5, 5.41) is 9.73. The first-order valence-electron chi connectivity index (χ1n) is 4.29. The van der Waals surface area contributed by atoms with Crippen LogP contribution in [0.25, 0.3) is 0 Å². The maximum absolute atomic E-state index is 5.38. The Morgan fingerprint density at radius 1 is 1.42 bits per heavy atom. The minimum atomic E-state index is 0.371. The molecular weight excluding hydrogens is 154 g/mol. The first-order chi connectivity index (χ1) is 5.84. The van der Waals surface area contributed by atoms with Gasteiger partial charge in [-0.2, -0.15) is 4.98 Å². The van der Waals surface area contributed by atoms with E-state index in [9.17, 15) is 0 Å². The van der Waals surface area contributed by atoms with Crippen LogP contribution in [0.4, 0.5) is 11.9 Å². The second kappa shape index (κ2) is 3.00.